The van der Waals surface area contributed by atoms with Crippen LogP contribution in [-0.4, -0.2) is 22.1 Å². The Bertz CT molecular complexity index is 284. The monoisotopic (exact) mass is 256 g/mol. The van der Waals surface area contributed by atoms with Gasteiger partial charge in [-0.3, -0.25) is 4.79 Å². The number of nitrogens with one attached hydrogen (secondary N) is 1. The van der Waals surface area contributed by atoms with E-state index >= 15 is 0 Å². The molecule has 1 rings (SSSR count). The summed E-state index contributed by atoms with van der Waals surface area (Å²) in [5.41, 5.74) is 6.10. The van der Waals surface area contributed by atoms with Crippen LogP contribution in [0.3, 0.4) is 0 Å². The van der Waals surface area contributed by atoms with E-state index in [0.717, 1.165) is 25.7 Å². The van der Waals surface area contributed by atoms with Crippen LogP contribution in [0.5, 0.6) is 0 Å². The van der Waals surface area contributed by atoms with Crippen LogP contribution >= 0.6 is 11.8 Å². The topological polar surface area (TPSA) is 55.1 Å². The summed E-state index contributed by atoms with van der Waals surface area (Å²) < 4.78 is -0.0459. The van der Waals surface area contributed by atoms with Crippen LogP contribution < -0.4 is 11.1 Å². The first kappa shape index (κ1) is 14.6. The quantitative estimate of drug-likeness (QED) is 0.709. The Kier molecular flexibility index (Phi) is 5.53. The number of allylic oxidation sites excluding steroid dienone is 2. The predicted octanol–water partition coefficient (Wildman–Crippen LogP) is 3.05. The van der Waals surface area contributed by atoms with Crippen LogP contribution in [0.4, 0.5) is 4.79 Å². The third-order valence-electron chi connectivity index (χ3n) is 2.70. The average molecular weight is 256 g/mol. The maximum absolute atomic E-state index is 11.8. The van der Waals surface area contributed by atoms with E-state index in [1.807, 2.05) is 20.8 Å². The van der Waals surface area contributed by atoms with Crippen LogP contribution in [0.2, 0.25) is 0 Å². The van der Waals surface area contributed by atoms with Crippen LogP contribution in [-0.2, 0) is 0 Å². The van der Waals surface area contributed by atoms with Crippen LogP contribution in [0.25, 0.3) is 0 Å². The van der Waals surface area contributed by atoms with Crippen molar-refractivity contribution in [2.75, 3.05) is 0 Å². The normalized spacial score (nSPS) is 28.0. The van der Waals surface area contributed by atoms with Crippen LogP contribution in [0, 0.1) is 0 Å². The van der Waals surface area contributed by atoms with E-state index in [1.54, 1.807) is 0 Å². The lowest BCUT2D eigenvalue weighted by atomic mass is 9.96. The van der Waals surface area contributed by atoms with E-state index in [1.165, 1.54) is 11.8 Å². The number of carbonyl (C=O) groups excluding carboxylic acids is 1. The molecule has 0 fully saturated rings. The molecule has 0 heterocycles. The lowest BCUT2D eigenvalue weighted by Gasteiger charge is -2.27. The van der Waals surface area contributed by atoms with Crippen molar-refractivity contribution in [1.29, 1.82) is 0 Å². The van der Waals surface area contributed by atoms with Gasteiger partial charge in [-0.1, -0.05) is 44.7 Å². The number of hydrogen-bond acceptors (Lipinski definition) is 3. The number of amides is 1. The fraction of sp³-hybridized carbons (Fsp3) is 0.769. The maximum atomic E-state index is 11.8. The van der Waals surface area contributed by atoms with Crippen LogP contribution in [0.1, 0.15) is 46.5 Å². The first-order valence-electron chi connectivity index (χ1n) is 6.28. The number of hydrogen-bond donors (Lipinski definition) is 2. The van der Waals surface area contributed by atoms with Gasteiger partial charge in [0.05, 0.1) is 0 Å². The van der Waals surface area contributed by atoms with E-state index in [4.69, 9.17) is 5.73 Å². The lowest BCUT2D eigenvalue weighted by molar-refractivity contribution is 0.253. The Morgan fingerprint density at radius 3 is 2.47 bits per heavy atom. The van der Waals surface area contributed by atoms with Gasteiger partial charge in [-0.05, 0) is 25.7 Å². The number of thioether (sulfide) groups is 1. The first-order chi connectivity index (χ1) is 7.88. The van der Waals surface area contributed by atoms with Gasteiger partial charge in [-0.25, -0.2) is 0 Å². The van der Waals surface area contributed by atoms with Gasteiger partial charge in [0.15, 0.2) is 0 Å². The Hall–Kier alpha value is -0.480. The fourth-order valence-corrected chi connectivity index (χ4v) is 2.62. The van der Waals surface area contributed by atoms with Gasteiger partial charge in [-0.15, -0.1) is 0 Å². The summed E-state index contributed by atoms with van der Waals surface area (Å²) in [5.74, 6) is 0. The minimum Gasteiger partial charge on any atom is -0.343 e. The smallest absolute Gasteiger partial charge is 0.279 e. The molecule has 0 saturated heterocycles. The summed E-state index contributed by atoms with van der Waals surface area (Å²) in [6.45, 7) is 6.12. The highest BCUT2D eigenvalue weighted by Crippen LogP contribution is 2.24. The Balaban J connectivity index is 2.47. The Labute approximate surface area is 109 Å². The van der Waals surface area contributed by atoms with Gasteiger partial charge in [0.1, 0.15) is 0 Å². The van der Waals surface area contributed by atoms with Crippen molar-refractivity contribution in [2.45, 2.75) is 63.3 Å². The third-order valence-corrected chi connectivity index (χ3v) is 3.61. The van der Waals surface area contributed by atoms with Crippen molar-refractivity contribution < 1.29 is 4.79 Å². The second-order valence-corrected chi connectivity index (χ2v) is 7.34. The zero-order valence-corrected chi connectivity index (χ0v) is 11.8. The summed E-state index contributed by atoms with van der Waals surface area (Å²) in [6.07, 6.45) is 8.26. The molecule has 0 saturated carbocycles. The zero-order chi connectivity index (χ0) is 12.9. The molecule has 3 nitrogen and oxygen atoms in total. The second kappa shape index (κ2) is 6.45. The van der Waals surface area contributed by atoms with E-state index in [9.17, 15) is 4.79 Å². The fourth-order valence-electron chi connectivity index (χ4n) is 1.85. The molecular weight excluding hydrogens is 232 g/mol. The summed E-state index contributed by atoms with van der Waals surface area (Å²) in [6, 6.07) is 0.187. The Morgan fingerprint density at radius 1 is 1.29 bits per heavy atom. The van der Waals surface area contributed by atoms with Crippen molar-refractivity contribution >= 4 is 17.0 Å². The molecule has 0 radical (unpaired) electrons. The first-order valence-corrected chi connectivity index (χ1v) is 7.10. The third kappa shape index (κ3) is 6.13. The molecule has 1 aliphatic carbocycles. The molecule has 2 atom stereocenters. The molecule has 17 heavy (non-hydrogen) atoms. The molecule has 0 aliphatic heterocycles. The Morgan fingerprint density at radius 2 is 1.88 bits per heavy atom. The van der Waals surface area contributed by atoms with Crippen molar-refractivity contribution in [3.63, 3.8) is 0 Å². The SMILES string of the molecule is CC(C)(C)SC(=O)NC1CC/C=C/CC[C@@H]1N. The van der Waals surface area contributed by atoms with E-state index in [0.29, 0.717) is 0 Å². The number of carbonyl (C=O) groups is 1. The minimum absolute atomic E-state index is 0.0440. The zero-order valence-electron chi connectivity index (χ0n) is 11.0. The summed E-state index contributed by atoms with van der Waals surface area (Å²) >= 11 is 1.34. The molecule has 0 aromatic rings. The molecule has 0 spiro atoms. The molecule has 1 amide bonds. The molecule has 1 aliphatic rings. The molecule has 1 unspecified atom stereocenters. The van der Waals surface area contributed by atoms with E-state index < -0.39 is 0 Å². The molecule has 0 bridgehead atoms. The van der Waals surface area contributed by atoms with Crippen molar-refractivity contribution in [1.82, 2.24) is 5.32 Å². The number of rotatable bonds is 1. The van der Waals surface area contributed by atoms with Crippen molar-refractivity contribution in [2.24, 2.45) is 5.73 Å². The van der Waals surface area contributed by atoms with Gasteiger partial charge in [0, 0.05) is 16.8 Å². The second-order valence-electron chi connectivity index (χ2n) is 5.54. The van der Waals surface area contributed by atoms with Gasteiger partial charge >= 0.3 is 0 Å². The van der Waals surface area contributed by atoms with Gasteiger partial charge in [-0.2, -0.15) is 0 Å². The largest absolute Gasteiger partial charge is 0.343 e. The van der Waals surface area contributed by atoms with Gasteiger partial charge < -0.3 is 11.1 Å². The molecule has 98 valence electrons. The predicted molar refractivity (Wildman–Crippen MR) is 75.2 cm³/mol. The highest BCUT2D eigenvalue weighted by atomic mass is 32.2. The van der Waals surface area contributed by atoms with Crippen molar-refractivity contribution in [3.8, 4) is 0 Å². The molecule has 0 aromatic carbocycles. The van der Waals surface area contributed by atoms with Gasteiger partial charge in [0.2, 0.25) is 0 Å². The average Bonchev–Trinajstić information content (AvgIpc) is 2.15. The molecular formula is C13H24N2OS. The van der Waals surface area contributed by atoms with Crippen LogP contribution in [0.15, 0.2) is 12.2 Å². The molecule has 3 N–H and O–H groups in total. The van der Waals surface area contributed by atoms with E-state index in [-0.39, 0.29) is 22.1 Å². The molecule has 0 aromatic heterocycles. The lowest BCUT2D eigenvalue weighted by Crippen LogP contribution is -2.47. The summed E-state index contributed by atoms with van der Waals surface area (Å²) in [7, 11) is 0. The van der Waals surface area contributed by atoms with Gasteiger partial charge in [0.25, 0.3) is 5.24 Å². The summed E-state index contributed by atoms with van der Waals surface area (Å²) in [4.78, 5) is 11.8. The summed E-state index contributed by atoms with van der Waals surface area (Å²) in [5, 5.41) is 3.10. The highest BCUT2D eigenvalue weighted by Gasteiger charge is 2.23. The van der Waals surface area contributed by atoms with Crippen molar-refractivity contribution in [3.05, 3.63) is 12.2 Å². The standard InChI is InChI=1S/C13H24N2OS/c1-13(2,3)17-12(16)15-11-9-7-5-4-6-8-10(11)14/h4-5,10-11H,6-9,14H2,1-3H3,(H,15,16)/b5-4+/t10-,11?/m0/s1. The minimum atomic E-state index is -0.0459. The molecule has 4 heteroatoms. The maximum Gasteiger partial charge on any atom is 0.279 e. The highest BCUT2D eigenvalue weighted by molar-refractivity contribution is 8.14. The number of nitrogens with two attached hydrogens (primary N) is 1. The van der Waals surface area contributed by atoms with E-state index in [2.05, 4.69) is 17.5 Å².